The van der Waals surface area contributed by atoms with Gasteiger partial charge in [-0.1, -0.05) is 96.2 Å². The smallest absolute Gasteiger partial charge is 0.276 e. The van der Waals surface area contributed by atoms with Crippen molar-refractivity contribution in [1.29, 1.82) is 0 Å². The molecule has 0 atom stereocenters. The van der Waals surface area contributed by atoms with Crippen molar-refractivity contribution in [2.24, 2.45) is 5.16 Å². The topological polar surface area (TPSA) is 63.6 Å². The fourth-order valence-electron chi connectivity index (χ4n) is 3.69. The lowest BCUT2D eigenvalue weighted by atomic mass is 9.77. The summed E-state index contributed by atoms with van der Waals surface area (Å²) in [6.07, 6.45) is 0. The van der Waals surface area contributed by atoms with Crippen LogP contribution in [-0.4, -0.2) is 22.5 Å². The normalized spacial score (nSPS) is 11.8. The van der Waals surface area contributed by atoms with E-state index in [1.807, 2.05) is 54.6 Å². The minimum Gasteiger partial charge on any atom is -0.395 e. The van der Waals surface area contributed by atoms with Crippen molar-refractivity contribution in [2.45, 2.75) is 12.5 Å². The van der Waals surface area contributed by atoms with Crippen LogP contribution in [0, 0.1) is 0 Å². The Bertz CT molecular complexity index is 1130. The Morgan fingerprint density at radius 2 is 1.42 bits per heavy atom. The molecule has 0 radical (unpaired) electrons. The molecule has 0 aliphatic rings. The van der Waals surface area contributed by atoms with Crippen LogP contribution in [0.3, 0.4) is 0 Å². The molecular weight excluding hydrogens is 454 g/mol. The average Bonchev–Trinajstić information content (AvgIpc) is 3.32. The Kier molecular flexibility index (Phi) is 7.17. The van der Waals surface area contributed by atoms with E-state index in [9.17, 15) is 4.79 Å². The summed E-state index contributed by atoms with van der Waals surface area (Å²) in [7, 11) is 0. The van der Waals surface area contributed by atoms with Crippen molar-refractivity contribution >= 4 is 39.0 Å². The van der Waals surface area contributed by atoms with Crippen LogP contribution >= 0.6 is 22.9 Å². The Labute approximate surface area is 201 Å². The molecule has 0 fully saturated rings. The van der Waals surface area contributed by atoms with Crippen LogP contribution in [0.4, 0.5) is 5.13 Å². The van der Waals surface area contributed by atoms with E-state index in [0.717, 1.165) is 16.7 Å². The molecule has 0 saturated carbocycles. The maximum Gasteiger partial charge on any atom is 0.276 e. The molecule has 1 heterocycles. The van der Waals surface area contributed by atoms with E-state index in [4.69, 9.17) is 16.4 Å². The Hall–Kier alpha value is -3.48. The van der Waals surface area contributed by atoms with Crippen molar-refractivity contribution in [3.63, 3.8) is 0 Å². The van der Waals surface area contributed by atoms with Gasteiger partial charge in [0.25, 0.3) is 5.24 Å². The molecule has 166 valence electrons. The molecule has 3 aromatic carbocycles. The van der Waals surface area contributed by atoms with Gasteiger partial charge in [-0.2, -0.15) is 0 Å². The van der Waals surface area contributed by atoms with E-state index < -0.39 is 10.8 Å². The molecule has 1 aromatic heterocycles. The standard InChI is InChI=1S/C26H22ClN3O2S/c1-2-32-30-23(24(27)31)22-18-33-25(28-22)29-26(19-12-6-3-7-13-19,20-14-8-4-9-15-20)21-16-10-5-11-17-21/h3-18H,2H2,1H3,(H,28,29)/b30-23+. The molecule has 5 nitrogen and oxygen atoms in total. The number of anilines is 1. The molecule has 4 aromatic rings. The van der Waals surface area contributed by atoms with Gasteiger partial charge in [0, 0.05) is 5.38 Å². The number of benzene rings is 3. The first-order valence-corrected chi connectivity index (χ1v) is 11.7. The number of hydrogen-bond acceptors (Lipinski definition) is 6. The number of nitrogens with one attached hydrogen (secondary N) is 1. The van der Waals surface area contributed by atoms with Gasteiger partial charge in [0.2, 0.25) is 0 Å². The first-order chi connectivity index (χ1) is 16.1. The summed E-state index contributed by atoms with van der Waals surface area (Å²) in [6, 6.07) is 30.6. The summed E-state index contributed by atoms with van der Waals surface area (Å²) >= 11 is 7.11. The number of carbonyl (C=O) groups excluding carboxylic acids is 1. The molecule has 0 saturated heterocycles. The third-order valence-electron chi connectivity index (χ3n) is 5.13. The van der Waals surface area contributed by atoms with E-state index in [-0.39, 0.29) is 5.71 Å². The van der Waals surface area contributed by atoms with Crippen LogP contribution in [0.1, 0.15) is 29.3 Å². The summed E-state index contributed by atoms with van der Waals surface area (Å²) in [6.45, 7) is 2.10. The van der Waals surface area contributed by atoms with Gasteiger partial charge in [0.1, 0.15) is 17.8 Å². The predicted molar refractivity (Wildman–Crippen MR) is 134 cm³/mol. The van der Waals surface area contributed by atoms with Gasteiger partial charge in [0.15, 0.2) is 10.8 Å². The van der Waals surface area contributed by atoms with E-state index in [1.165, 1.54) is 11.3 Å². The zero-order valence-corrected chi connectivity index (χ0v) is 19.5. The quantitative estimate of drug-likeness (QED) is 0.138. The summed E-state index contributed by atoms with van der Waals surface area (Å²) in [5.74, 6) is 0. The zero-order valence-electron chi connectivity index (χ0n) is 17.9. The summed E-state index contributed by atoms with van der Waals surface area (Å²) in [5, 5.41) is 9.15. The summed E-state index contributed by atoms with van der Waals surface area (Å²) < 4.78 is 0. The monoisotopic (exact) mass is 475 g/mol. The van der Waals surface area contributed by atoms with Crippen molar-refractivity contribution in [1.82, 2.24) is 4.98 Å². The molecule has 7 heteroatoms. The first kappa shape index (κ1) is 22.7. The molecule has 0 aliphatic heterocycles. The van der Waals surface area contributed by atoms with Gasteiger partial charge in [-0.3, -0.25) is 4.79 Å². The molecule has 0 spiro atoms. The maximum atomic E-state index is 11.9. The summed E-state index contributed by atoms with van der Waals surface area (Å²) in [4.78, 5) is 21.6. The SMILES string of the molecule is CCO/N=C(/C(=O)Cl)c1csc(NC(c2ccccc2)(c2ccccc2)c2ccccc2)n1. The van der Waals surface area contributed by atoms with Crippen molar-refractivity contribution in [3.05, 3.63) is 119 Å². The highest BCUT2D eigenvalue weighted by atomic mass is 35.5. The van der Waals surface area contributed by atoms with Gasteiger partial charge in [-0.15, -0.1) is 11.3 Å². The zero-order chi connectivity index (χ0) is 23.1. The minimum absolute atomic E-state index is 0.0208. The first-order valence-electron chi connectivity index (χ1n) is 10.5. The third kappa shape index (κ3) is 4.82. The van der Waals surface area contributed by atoms with E-state index in [1.54, 1.807) is 12.3 Å². The predicted octanol–water partition coefficient (Wildman–Crippen LogP) is 6.05. The fourth-order valence-corrected chi connectivity index (χ4v) is 4.58. The molecule has 0 aliphatic carbocycles. The lowest BCUT2D eigenvalue weighted by Gasteiger charge is -2.36. The van der Waals surface area contributed by atoms with Crippen molar-refractivity contribution in [3.8, 4) is 0 Å². The molecule has 0 unspecified atom stereocenters. The number of oxime groups is 1. The second kappa shape index (κ2) is 10.4. The van der Waals surface area contributed by atoms with Crippen LogP contribution < -0.4 is 5.32 Å². The molecular formula is C26H22ClN3O2S. The lowest BCUT2D eigenvalue weighted by molar-refractivity contribution is -0.106. The van der Waals surface area contributed by atoms with Gasteiger partial charge >= 0.3 is 0 Å². The molecule has 4 rings (SSSR count). The van der Waals surface area contributed by atoms with Gasteiger partial charge < -0.3 is 10.2 Å². The van der Waals surface area contributed by atoms with Crippen LogP contribution in [0.5, 0.6) is 0 Å². The number of hydrogen-bond donors (Lipinski definition) is 1. The van der Waals surface area contributed by atoms with Crippen molar-refractivity contribution < 1.29 is 9.63 Å². The summed E-state index contributed by atoms with van der Waals surface area (Å²) in [5.41, 5.74) is 2.77. The largest absolute Gasteiger partial charge is 0.395 e. The van der Waals surface area contributed by atoms with Crippen LogP contribution in [0.15, 0.2) is 102 Å². The van der Waals surface area contributed by atoms with Crippen LogP contribution in [0.25, 0.3) is 0 Å². The number of halogens is 1. The Balaban J connectivity index is 1.87. The Morgan fingerprint density at radius 3 is 1.85 bits per heavy atom. The second-order valence-corrected chi connectivity index (χ2v) is 8.34. The second-order valence-electron chi connectivity index (χ2n) is 7.14. The number of rotatable bonds is 9. The molecule has 0 amide bonds. The van der Waals surface area contributed by atoms with Crippen LogP contribution in [-0.2, 0) is 15.2 Å². The van der Waals surface area contributed by atoms with E-state index in [0.29, 0.717) is 17.4 Å². The minimum atomic E-state index is -0.722. The van der Waals surface area contributed by atoms with E-state index in [2.05, 4.69) is 51.9 Å². The Morgan fingerprint density at radius 1 is 0.939 bits per heavy atom. The maximum absolute atomic E-state index is 11.9. The molecule has 33 heavy (non-hydrogen) atoms. The number of carbonyl (C=O) groups is 1. The van der Waals surface area contributed by atoms with Crippen LogP contribution in [0.2, 0.25) is 0 Å². The lowest BCUT2D eigenvalue weighted by Crippen LogP contribution is -2.38. The molecule has 1 N–H and O–H groups in total. The number of aromatic nitrogens is 1. The van der Waals surface area contributed by atoms with Gasteiger partial charge in [-0.05, 0) is 35.2 Å². The highest BCUT2D eigenvalue weighted by Crippen LogP contribution is 2.40. The third-order valence-corrected chi connectivity index (χ3v) is 6.07. The average molecular weight is 476 g/mol. The van der Waals surface area contributed by atoms with Gasteiger partial charge in [-0.25, -0.2) is 4.98 Å². The fraction of sp³-hybridized carbons (Fsp3) is 0.115. The number of nitrogens with zero attached hydrogens (tertiary/aromatic N) is 2. The highest BCUT2D eigenvalue weighted by Gasteiger charge is 2.37. The number of thiazole rings is 1. The highest BCUT2D eigenvalue weighted by molar-refractivity contribution is 7.14. The molecule has 0 bridgehead atoms. The van der Waals surface area contributed by atoms with E-state index >= 15 is 0 Å². The van der Waals surface area contributed by atoms with Crippen molar-refractivity contribution in [2.75, 3.05) is 11.9 Å². The van der Waals surface area contributed by atoms with Gasteiger partial charge in [0.05, 0.1) is 0 Å².